The molecule has 0 saturated carbocycles. The zero-order valence-electron chi connectivity index (χ0n) is 15.0. The molecule has 0 aliphatic rings. The van der Waals surface area contributed by atoms with E-state index in [0.29, 0.717) is 11.4 Å². The van der Waals surface area contributed by atoms with Crippen molar-refractivity contribution in [3.05, 3.63) is 78.1 Å². The second kappa shape index (κ2) is 8.57. The molecule has 0 unspecified atom stereocenters. The summed E-state index contributed by atoms with van der Waals surface area (Å²) in [6, 6.07) is 12.0. The largest absolute Gasteiger partial charge is 0.504 e. The van der Waals surface area contributed by atoms with Crippen LogP contribution in [0.25, 0.3) is 6.08 Å². The third-order valence-electron chi connectivity index (χ3n) is 3.88. The second-order valence-electron chi connectivity index (χ2n) is 6.00. The van der Waals surface area contributed by atoms with Gasteiger partial charge in [-0.05, 0) is 60.2 Å². The predicted octanol–water partition coefficient (Wildman–Crippen LogP) is 3.10. The fraction of sp³-hybridized carbons (Fsp3) is 0. The number of pyridine rings is 1. The minimum absolute atomic E-state index is 0.0311. The van der Waals surface area contributed by atoms with Crippen LogP contribution in [0, 0.1) is 0 Å². The van der Waals surface area contributed by atoms with Crippen molar-refractivity contribution < 1.29 is 24.9 Å². The average molecular weight is 391 g/mol. The minimum atomic E-state index is -0.695. The number of hydrogen-bond acceptors (Lipinski definition) is 6. The van der Waals surface area contributed by atoms with Gasteiger partial charge in [-0.2, -0.15) is 0 Å². The van der Waals surface area contributed by atoms with Gasteiger partial charge in [-0.15, -0.1) is 0 Å². The zero-order valence-corrected chi connectivity index (χ0v) is 15.0. The summed E-state index contributed by atoms with van der Waals surface area (Å²) in [4.78, 5) is 28.1. The van der Waals surface area contributed by atoms with E-state index in [1.165, 1.54) is 6.08 Å². The normalized spacial score (nSPS) is 10.6. The van der Waals surface area contributed by atoms with Crippen LogP contribution in [0.4, 0.5) is 11.4 Å². The Kier molecular flexibility index (Phi) is 5.74. The maximum absolute atomic E-state index is 12.2. The number of benzene rings is 2. The minimum Gasteiger partial charge on any atom is -0.504 e. The number of anilines is 2. The number of aromatic nitrogens is 1. The molecule has 3 aromatic rings. The van der Waals surface area contributed by atoms with E-state index in [2.05, 4.69) is 15.6 Å². The number of aromatic hydroxyl groups is 3. The van der Waals surface area contributed by atoms with Crippen molar-refractivity contribution in [3.63, 3.8) is 0 Å². The Bertz CT molecular complexity index is 1040. The summed E-state index contributed by atoms with van der Waals surface area (Å²) in [5, 5.41) is 33.6. The Balaban J connectivity index is 1.60. The molecule has 5 N–H and O–H groups in total. The summed E-state index contributed by atoms with van der Waals surface area (Å²) < 4.78 is 0. The van der Waals surface area contributed by atoms with E-state index in [9.17, 15) is 24.9 Å². The number of nitrogens with zero attached hydrogens (tertiary/aromatic N) is 1. The van der Waals surface area contributed by atoms with Crippen LogP contribution in [-0.2, 0) is 4.79 Å². The number of carbonyl (C=O) groups excluding carboxylic acids is 2. The fourth-order valence-electron chi connectivity index (χ4n) is 2.41. The number of nitrogens with one attached hydrogen (secondary N) is 2. The molecular formula is C21H17N3O5. The van der Waals surface area contributed by atoms with Crippen LogP contribution in [0.15, 0.2) is 67.0 Å². The lowest BCUT2D eigenvalue weighted by Gasteiger charge is -2.08. The van der Waals surface area contributed by atoms with Gasteiger partial charge >= 0.3 is 0 Å². The molecule has 0 radical (unpaired) electrons. The number of rotatable bonds is 5. The van der Waals surface area contributed by atoms with Gasteiger partial charge < -0.3 is 26.0 Å². The van der Waals surface area contributed by atoms with Crippen molar-refractivity contribution in [1.29, 1.82) is 0 Å². The van der Waals surface area contributed by atoms with Crippen LogP contribution in [-0.4, -0.2) is 32.1 Å². The molecule has 8 nitrogen and oxygen atoms in total. The Morgan fingerprint density at radius 3 is 1.97 bits per heavy atom. The SMILES string of the molecule is O=C(/C=C/c1ccncc1)Nc1ccc(NC(=O)c2cc(O)c(O)c(O)c2)cc1. The lowest BCUT2D eigenvalue weighted by Crippen LogP contribution is -2.12. The second-order valence-corrected chi connectivity index (χ2v) is 6.00. The first kappa shape index (κ1) is 19.4. The molecule has 8 heteroatoms. The van der Waals surface area contributed by atoms with Crippen LogP contribution in [0.2, 0.25) is 0 Å². The molecule has 3 rings (SSSR count). The van der Waals surface area contributed by atoms with Gasteiger partial charge in [0, 0.05) is 35.4 Å². The smallest absolute Gasteiger partial charge is 0.255 e. The highest BCUT2D eigenvalue weighted by Crippen LogP contribution is 2.35. The third-order valence-corrected chi connectivity index (χ3v) is 3.88. The van der Waals surface area contributed by atoms with Gasteiger partial charge in [0.15, 0.2) is 17.2 Å². The van der Waals surface area contributed by atoms with E-state index in [4.69, 9.17) is 0 Å². The highest BCUT2D eigenvalue weighted by atomic mass is 16.3. The van der Waals surface area contributed by atoms with Gasteiger partial charge in [-0.25, -0.2) is 0 Å². The number of hydrogen-bond donors (Lipinski definition) is 5. The van der Waals surface area contributed by atoms with Crippen LogP contribution < -0.4 is 10.6 Å². The molecule has 0 aliphatic carbocycles. The molecule has 2 aromatic carbocycles. The number of phenols is 3. The highest BCUT2D eigenvalue weighted by molar-refractivity contribution is 6.05. The summed E-state index contributed by atoms with van der Waals surface area (Å²) >= 11 is 0. The van der Waals surface area contributed by atoms with Crippen LogP contribution in [0.1, 0.15) is 15.9 Å². The maximum atomic E-state index is 12.2. The van der Waals surface area contributed by atoms with Crippen LogP contribution >= 0.6 is 0 Å². The number of amides is 2. The first-order chi connectivity index (χ1) is 13.9. The van der Waals surface area contributed by atoms with E-state index in [-0.39, 0.29) is 11.5 Å². The molecular weight excluding hydrogens is 374 g/mol. The Labute approximate surface area is 165 Å². The van der Waals surface area contributed by atoms with E-state index in [1.54, 1.807) is 54.9 Å². The van der Waals surface area contributed by atoms with E-state index >= 15 is 0 Å². The quantitative estimate of drug-likeness (QED) is 0.335. The summed E-state index contributed by atoms with van der Waals surface area (Å²) in [7, 11) is 0. The molecule has 29 heavy (non-hydrogen) atoms. The van der Waals surface area contributed by atoms with Gasteiger partial charge in [0.2, 0.25) is 5.91 Å². The van der Waals surface area contributed by atoms with Gasteiger partial charge in [0.25, 0.3) is 5.91 Å². The lowest BCUT2D eigenvalue weighted by molar-refractivity contribution is -0.111. The molecule has 2 amide bonds. The topological polar surface area (TPSA) is 132 Å². The average Bonchev–Trinajstić information content (AvgIpc) is 2.72. The maximum Gasteiger partial charge on any atom is 0.255 e. The van der Waals surface area contributed by atoms with Crippen molar-refractivity contribution >= 4 is 29.3 Å². The molecule has 1 heterocycles. The molecule has 0 fully saturated rings. The molecule has 0 spiro atoms. The van der Waals surface area contributed by atoms with Crippen molar-refractivity contribution in [2.24, 2.45) is 0 Å². The lowest BCUT2D eigenvalue weighted by atomic mass is 10.1. The highest BCUT2D eigenvalue weighted by Gasteiger charge is 2.13. The Hall–Kier alpha value is -4.33. The number of carbonyl (C=O) groups is 2. The first-order valence-corrected chi connectivity index (χ1v) is 8.48. The first-order valence-electron chi connectivity index (χ1n) is 8.48. The summed E-state index contributed by atoms with van der Waals surface area (Å²) in [6.07, 6.45) is 6.32. The number of phenolic OH excluding ortho intramolecular Hbond substituents is 3. The van der Waals surface area contributed by atoms with Crippen molar-refractivity contribution in [2.45, 2.75) is 0 Å². The monoisotopic (exact) mass is 391 g/mol. The summed E-state index contributed by atoms with van der Waals surface area (Å²) in [5.41, 5.74) is 1.79. The molecule has 0 aliphatic heterocycles. The van der Waals surface area contributed by atoms with Gasteiger partial charge in [-0.3, -0.25) is 14.6 Å². The Morgan fingerprint density at radius 2 is 1.38 bits per heavy atom. The Morgan fingerprint density at radius 1 is 0.828 bits per heavy atom. The van der Waals surface area contributed by atoms with Gasteiger partial charge in [0.05, 0.1) is 0 Å². The standard InChI is InChI=1S/C21H17N3O5/c25-17-11-14(12-18(26)20(17)28)21(29)24-16-4-2-15(3-5-16)23-19(27)6-1-13-7-9-22-10-8-13/h1-12,25-26,28H,(H,23,27)(H,24,29)/b6-1+. The van der Waals surface area contributed by atoms with E-state index < -0.39 is 23.2 Å². The molecule has 0 bridgehead atoms. The molecule has 1 aromatic heterocycles. The predicted molar refractivity (Wildman–Crippen MR) is 108 cm³/mol. The summed E-state index contributed by atoms with van der Waals surface area (Å²) in [6.45, 7) is 0. The third kappa shape index (κ3) is 5.10. The molecule has 0 atom stereocenters. The van der Waals surface area contributed by atoms with E-state index in [1.807, 2.05) is 0 Å². The van der Waals surface area contributed by atoms with Crippen LogP contribution in [0.3, 0.4) is 0 Å². The zero-order chi connectivity index (χ0) is 20.8. The molecule has 0 saturated heterocycles. The van der Waals surface area contributed by atoms with E-state index in [0.717, 1.165) is 17.7 Å². The van der Waals surface area contributed by atoms with Gasteiger partial charge in [0.1, 0.15) is 0 Å². The van der Waals surface area contributed by atoms with Crippen LogP contribution in [0.5, 0.6) is 17.2 Å². The van der Waals surface area contributed by atoms with Gasteiger partial charge in [-0.1, -0.05) is 0 Å². The molecule has 146 valence electrons. The summed E-state index contributed by atoms with van der Waals surface area (Å²) in [5.74, 6) is -2.80. The van der Waals surface area contributed by atoms with Crippen molar-refractivity contribution in [2.75, 3.05) is 10.6 Å². The van der Waals surface area contributed by atoms with Crippen molar-refractivity contribution in [1.82, 2.24) is 4.98 Å². The van der Waals surface area contributed by atoms with Crippen molar-refractivity contribution in [3.8, 4) is 17.2 Å². The fourth-order valence-corrected chi connectivity index (χ4v) is 2.41.